The zero-order chi connectivity index (χ0) is 12.0. The van der Waals surface area contributed by atoms with Crippen LogP contribution >= 0.6 is 0 Å². The van der Waals surface area contributed by atoms with E-state index in [-0.39, 0.29) is 24.4 Å². The van der Waals surface area contributed by atoms with Gasteiger partial charge < -0.3 is 10.8 Å². The van der Waals surface area contributed by atoms with E-state index in [1.54, 1.807) is 19.1 Å². The van der Waals surface area contributed by atoms with E-state index >= 15 is 0 Å². The maximum absolute atomic E-state index is 13.9. The molecule has 4 heteroatoms. The highest BCUT2D eigenvalue weighted by molar-refractivity contribution is 5.32. The molecule has 3 N–H and O–H groups in total. The molecule has 0 amide bonds. The van der Waals surface area contributed by atoms with Gasteiger partial charge in [-0.05, 0) is 31.4 Å². The lowest BCUT2D eigenvalue weighted by Gasteiger charge is -2.23. The standard InChI is InChI=1S/C12H15F2NO/c1-8(15)9-3-2-4-10(7-9)12(13,14)11(16)5-6-11/h2-4,7-8,16H,5-6,15H2,1H3/t8-/m1/s1. The van der Waals surface area contributed by atoms with Crippen LogP contribution in [-0.4, -0.2) is 10.7 Å². The fraction of sp³-hybridized carbons (Fsp3) is 0.500. The Bertz CT molecular complexity index is 400. The van der Waals surface area contributed by atoms with Gasteiger partial charge in [-0.1, -0.05) is 18.2 Å². The topological polar surface area (TPSA) is 46.2 Å². The van der Waals surface area contributed by atoms with Crippen molar-refractivity contribution in [1.82, 2.24) is 0 Å². The van der Waals surface area contributed by atoms with Crippen molar-refractivity contribution >= 4 is 0 Å². The van der Waals surface area contributed by atoms with Crippen LogP contribution in [0.2, 0.25) is 0 Å². The molecule has 1 aliphatic rings. The lowest BCUT2D eigenvalue weighted by atomic mass is 9.97. The average molecular weight is 227 g/mol. The Labute approximate surface area is 93.1 Å². The van der Waals surface area contributed by atoms with Crippen LogP contribution in [0.15, 0.2) is 24.3 Å². The summed E-state index contributed by atoms with van der Waals surface area (Å²) in [6.45, 7) is 1.74. The zero-order valence-electron chi connectivity index (χ0n) is 9.08. The number of benzene rings is 1. The van der Waals surface area contributed by atoms with Crippen molar-refractivity contribution in [1.29, 1.82) is 0 Å². The summed E-state index contributed by atoms with van der Waals surface area (Å²) < 4.78 is 27.8. The van der Waals surface area contributed by atoms with Crippen molar-refractivity contribution in [2.45, 2.75) is 37.3 Å². The smallest absolute Gasteiger partial charge is 0.301 e. The molecule has 0 saturated heterocycles. The molecule has 16 heavy (non-hydrogen) atoms. The Morgan fingerprint density at radius 2 is 2.06 bits per heavy atom. The molecule has 2 rings (SSSR count). The molecule has 0 radical (unpaired) electrons. The van der Waals surface area contributed by atoms with Gasteiger partial charge in [0.15, 0.2) is 0 Å². The van der Waals surface area contributed by atoms with Crippen molar-refractivity contribution in [2.75, 3.05) is 0 Å². The third-order valence-corrected chi connectivity index (χ3v) is 3.08. The molecule has 1 fully saturated rings. The average Bonchev–Trinajstić information content (AvgIpc) is 2.98. The third kappa shape index (κ3) is 1.72. The van der Waals surface area contributed by atoms with E-state index in [4.69, 9.17) is 5.73 Å². The highest BCUT2D eigenvalue weighted by atomic mass is 19.3. The van der Waals surface area contributed by atoms with Gasteiger partial charge >= 0.3 is 5.92 Å². The number of aliphatic hydroxyl groups is 1. The molecule has 88 valence electrons. The summed E-state index contributed by atoms with van der Waals surface area (Å²) in [5, 5.41) is 9.56. The molecular weight excluding hydrogens is 212 g/mol. The van der Waals surface area contributed by atoms with Crippen LogP contribution < -0.4 is 5.73 Å². The van der Waals surface area contributed by atoms with Gasteiger partial charge in [-0.15, -0.1) is 0 Å². The van der Waals surface area contributed by atoms with Crippen LogP contribution in [0.5, 0.6) is 0 Å². The molecule has 0 aromatic heterocycles. The molecule has 1 aliphatic carbocycles. The van der Waals surface area contributed by atoms with E-state index in [2.05, 4.69) is 0 Å². The number of alkyl halides is 2. The minimum absolute atomic E-state index is 0.151. The van der Waals surface area contributed by atoms with E-state index in [1.807, 2.05) is 0 Å². The van der Waals surface area contributed by atoms with Crippen molar-refractivity contribution in [3.63, 3.8) is 0 Å². The van der Waals surface area contributed by atoms with Crippen molar-refractivity contribution in [2.24, 2.45) is 5.73 Å². The summed E-state index contributed by atoms with van der Waals surface area (Å²) in [6.07, 6.45) is 0.310. The van der Waals surface area contributed by atoms with Gasteiger partial charge in [0.25, 0.3) is 0 Å². The van der Waals surface area contributed by atoms with Crippen molar-refractivity contribution < 1.29 is 13.9 Å². The van der Waals surface area contributed by atoms with E-state index in [0.29, 0.717) is 5.56 Å². The Morgan fingerprint density at radius 3 is 2.56 bits per heavy atom. The van der Waals surface area contributed by atoms with Gasteiger partial charge in [-0.25, -0.2) is 0 Å². The predicted molar refractivity (Wildman–Crippen MR) is 57.1 cm³/mol. The summed E-state index contributed by atoms with van der Waals surface area (Å²) in [5.41, 5.74) is 4.30. The first-order chi connectivity index (χ1) is 7.37. The molecule has 1 aromatic rings. The van der Waals surface area contributed by atoms with Gasteiger partial charge in [0, 0.05) is 11.6 Å². The Hall–Kier alpha value is -1.00. The molecule has 1 aromatic carbocycles. The molecule has 0 aliphatic heterocycles. The highest BCUT2D eigenvalue weighted by Crippen LogP contribution is 2.53. The van der Waals surface area contributed by atoms with Gasteiger partial charge in [0.2, 0.25) is 0 Å². The summed E-state index contributed by atoms with van der Waals surface area (Å²) in [6, 6.07) is 5.68. The molecule has 0 spiro atoms. The van der Waals surface area contributed by atoms with E-state index in [1.165, 1.54) is 12.1 Å². The first-order valence-corrected chi connectivity index (χ1v) is 5.33. The van der Waals surface area contributed by atoms with Crippen molar-refractivity contribution in [3.05, 3.63) is 35.4 Å². The second-order valence-corrected chi connectivity index (χ2v) is 4.52. The Balaban J connectivity index is 2.36. The van der Waals surface area contributed by atoms with E-state index in [0.717, 1.165) is 0 Å². The minimum atomic E-state index is -3.18. The number of nitrogens with two attached hydrogens (primary N) is 1. The van der Waals surface area contributed by atoms with Gasteiger partial charge in [0.05, 0.1) is 0 Å². The van der Waals surface area contributed by atoms with Crippen LogP contribution in [0.1, 0.15) is 36.9 Å². The second-order valence-electron chi connectivity index (χ2n) is 4.52. The third-order valence-electron chi connectivity index (χ3n) is 3.08. The largest absolute Gasteiger partial charge is 0.383 e. The summed E-state index contributed by atoms with van der Waals surface area (Å²) in [7, 11) is 0. The minimum Gasteiger partial charge on any atom is -0.383 e. The number of halogens is 2. The van der Waals surface area contributed by atoms with Crippen LogP contribution in [0.4, 0.5) is 8.78 Å². The zero-order valence-corrected chi connectivity index (χ0v) is 9.08. The molecule has 0 bridgehead atoms. The van der Waals surface area contributed by atoms with Gasteiger partial charge in [0.1, 0.15) is 5.60 Å². The van der Waals surface area contributed by atoms with Gasteiger partial charge in [-0.3, -0.25) is 0 Å². The van der Waals surface area contributed by atoms with Crippen LogP contribution in [0.3, 0.4) is 0 Å². The predicted octanol–water partition coefficient (Wildman–Crippen LogP) is 2.32. The summed E-state index contributed by atoms with van der Waals surface area (Å²) >= 11 is 0. The highest BCUT2D eigenvalue weighted by Gasteiger charge is 2.61. The number of hydrogen-bond acceptors (Lipinski definition) is 2. The molecular formula is C12H15F2NO. The summed E-state index contributed by atoms with van der Waals surface area (Å²) in [5.74, 6) is -3.18. The quantitative estimate of drug-likeness (QED) is 0.832. The molecule has 1 saturated carbocycles. The monoisotopic (exact) mass is 227 g/mol. The first kappa shape index (κ1) is 11.5. The Morgan fingerprint density at radius 1 is 1.44 bits per heavy atom. The fourth-order valence-electron chi connectivity index (χ4n) is 1.72. The molecule has 0 unspecified atom stereocenters. The maximum Gasteiger partial charge on any atom is 0.301 e. The second kappa shape index (κ2) is 3.50. The molecule has 1 atom stereocenters. The van der Waals surface area contributed by atoms with Gasteiger partial charge in [-0.2, -0.15) is 8.78 Å². The van der Waals surface area contributed by atoms with Crippen LogP contribution in [-0.2, 0) is 5.92 Å². The molecule has 2 nitrogen and oxygen atoms in total. The SMILES string of the molecule is C[C@@H](N)c1cccc(C(F)(F)C2(O)CC2)c1. The van der Waals surface area contributed by atoms with Crippen molar-refractivity contribution in [3.8, 4) is 0 Å². The molecule has 0 heterocycles. The lowest BCUT2D eigenvalue weighted by molar-refractivity contribution is -0.132. The van der Waals surface area contributed by atoms with E-state index in [9.17, 15) is 13.9 Å². The fourth-order valence-corrected chi connectivity index (χ4v) is 1.72. The first-order valence-electron chi connectivity index (χ1n) is 5.33. The number of hydrogen-bond donors (Lipinski definition) is 2. The normalized spacial score (nSPS) is 20.6. The summed E-state index contributed by atoms with van der Waals surface area (Å²) in [4.78, 5) is 0. The maximum atomic E-state index is 13.9. The lowest BCUT2D eigenvalue weighted by Crippen LogP contribution is -2.33. The van der Waals surface area contributed by atoms with Crippen LogP contribution in [0.25, 0.3) is 0 Å². The number of rotatable bonds is 3. The van der Waals surface area contributed by atoms with E-state index < -0.39 is 11.5 Å². The Kier molecular flexibility index (Phi) is 2.51. The van der Waals surface area contributed by atoms with Crippen LogP contribution in [0, 0.1) is 0 Å².